The first kappa shape index (κ1) is 28.3. The Morgan fingerprint density at radius 2 is 0.548 bits per heavy atom. The zero-order valence-electron chi connectivity index (χ0n) is 23.7. The molecule has 0 amide bonds. The fraction of sp³-hybridized carbons (Fsp3) is 0.211. The maximum Gasteiger partial charge on any atom is 0.0194 e. The van der Waals surface area contributed by atoms with Crippen LogP contribution in [0, 0.1) is 0 Å². The van der Waals surface area contributed by atoms with Gasteiger partial charge in [0.25, 0.3) is 0 Å². The summed E-state index contributed by atoms with van der Waals surface area (Å²) in [7, 11) is 0. The second kappa shape index (κ2) is 13.4. The Morgan fingerprint density at radius 1 is 0.286 bits per heavy atom. The molecule has 5 aromatic carbocycles. The lowest BCUT2D eigenvalue weighted by Crippen LogP contribution is -1.98. The fourth-order valence-electron chi connectivity index (χ4n) is 5.91. The van der Waals surface area contributed by atoms with Gasteiger partial charge in [-0.05, 0) is 66.8 Å². The van der Waals surface area contributed by atoms with Crippen molar-refractivity contribution in [1.29, 1.82) is 0 Å². The summed E-state index contributed by atoms with van der Waals surface area (Å²) in [5, 5.41) is 0. The SMILES string of the molecule is c1cc2c3c(c1)CSCc1ccc(cc1)CSCc1cccc(c1-c1ccc-3cc1)CSCc1ccc(cc1)CSC2. The lowest BCUT2D eigenvalue weighted by molar-refractivity contribution is 1.28. The van der Waals surface area contributed by atoms with Crippen molar-refractivity contribution < 1.29 is 0 Å². The average Bonchev–Trinajstić information content (AvgIpc) is 3.02. The van der Waals surface area contributed by atoms with E-state index in [2.05, 4.69) is 109 Å². The molecule has 8 aliphatic heterocycles. The molecule has 0 fully saturated rings. The number of rotatable bonds is 0. The first-order valence-electron chi connectivity index (χ1n) is 14.6. The van der Waals surface area contributed by atoms with Crippen LogP contribution in [0.1, 0.15) is 44.5 Å². The molecule has 0 atom stereocenters. The van der Waals surface area contributed by atoms with Crippen LogP contribution in [-0.2, 0) is 46.0 Å². The number of benzene rings is 5. The van der Waals surface area contributed by atoms with E-state index in [9.17, 15) is 0 Å². The molecule has 0 N–H and O–H groups in total. The molecule has 13 rings (SSSR count). The van der Waals surface area contributed by atoms with E-state index in [1.807, 2.05) is 47.0 Å². The molecule has 0 spiro atoms. The van der Waals surface area contributed by atoms with Gasteiger partial charge in [0.15, 0.2) is 0 Å². The van der Waals surface area contributed by atoms with Crippen LogP contribution in [0.3, 0.4) is 0 Å². The maximum absolute atomic E-state index is 2.39. The first-order valence-corrected chi connectivity index (χ1v) is 19.2. The molecule has 0 unspecified atom stereocenters. The van der Waals surface area contributed by atoms with Crippen LogP contribution in [0.25, 0.3) is 22.3 Å². The van der Waals surface area contributed by atoms with Gasteiger partial charge in [0.1, 0.15) is 0 Å². The summed E-state index contributed by atoms with van der Waals surface area (Å²) in [5.74, 6) is 8.20. The highest BCUT2D eigenvalue weighted by molar-refractivity contribution is 7.98. The first-order chi connectivity index (χ1) is 20.8. The molecule has 0 saturated carbocycles. The summed E-state index contributed by atoms with van der Waals surface area (Å²) in [4.78, 5) is 0. The van der Waals surface area contributed by atoms with Crippen LogP contribution in [0.4, 0.5) is 0 Å². The summed E-state index contributed by atoms with van der Waals surface area (Å²) >= 11 is 8.10. The summed E-state index contributed by atoms with van der Waals surface area (Å²) < 4.78 is 0. The molecular formula is C38H34S4. The average molecular weight is 619 g/mol. The van der Waals surface area contributed by atoms with Crippen molar-refractivity contribution in [2.75, 3.05) is 0 Å². The van der Waals surface area contributed by atoms with Gasteiger partial charge in [-0.15, -0.1) is 0 Å². The minimum absolute atomic E-state index is 1.01. The quantitative estimate of drug-likeness (QED) is 0.169. The Morgan fingerprint density at radius 3 is 0.810 bits per heavy atom. The van der Waals surface area contributed by atoms with E-state index in [0.29, 0.717) is 0 Å². The third-order valence-electron chi connectivity index (χ3n) is 8.09. The highest BCUT2D eigenvalue weighted by Gasteiger charge is 2.16. The van der Waals surface area contributed by atoms with Crippen molar-refractivity contribution in [2.24, 2.45) is 0 Å². The van der Waals surface area contributed by atoms with E-state index in [0.717, 1.165) is 46.0 Å². The summed E-state index contributed by atoms with van der Waals surface area (Å²) in [5.41, 5.74) is 16.9. The second-order valence-electron chi connectivity index (χ2n) is 11.1. The third kappa shape index (κ3) is 6.53. The minimum Gasteiger partial charge on any atom is -0.152 e. The highest BCUT2D eigenvalue weighted by atomic mass is 32.2. The molecule has 210 valence electrons. The zero-order chi connectivity index (χ0) is 28.1. The Kier molecular flexibility index (Phi) is 9.04. The van der Waals surface area contributed by atoms with Gasteiger partial charge in [-0.25, -0.2) is 0 Å². The third-order valence-corrected chi connectivity index (χ3v) is 12.3. The van der Waals surface area contributed by atoms with Crippen LogP contribution >= 0.6 is 47.0 Å². The van der Waals surface area contributed by atoms with Gasteiger partial charge in [-0.1, -0.05) is 109 Å². The Balaban J connectivity index is 1.36. The van der Waals surface area contributed by atoms with Crippen LogP contribution in [0.5, 0.6) is 0 Å². The van der Waals surface area contributed by atoms with Crippen molar-refractivity contribution in [3.05, 3.63) is 154 Å². The minimum atomic E-state index is 1.01. The Bertz CT molecular complexity index is 1430. The van der Waals surface area contributed by atoms with Gasteiger partial charge in [-0.3, -0.25) is 0 Å². The highest BCUT2D eigenvalue weighted by Crippen LogP contribution is 2.38. The van der Waals surface area contributed by atoms with Crippen molar-refractivity contribution in [3.63, 3.8) is 0 Å². The van der Waals surface area contributed by atoms with Gasteiger partial charge >= 0.3 is 0 Å². The fourth-order valence-corrected chi connectivity index (χ4v) is 9.87. The smallest absolute Gasteiger partial charge is 0.0194 e. The van der Waals surface area contributed by atoms with E-state index in [4.69, 9.17) is 0 Å². The van der Waals surface area contributed by atoms with Gasteiger partial charge in [0.05, 0.1) is 0 Å². The Labute approximate surface area is 267 Å². The van der Waals surface area contributed by atoms with Crippen LogP contribution in [-0.4, -0.2) is 0 Å². The topological polar surface area (TPSA) is 0 Å². The van der Waals surface area contributed by atoms with E-state index in [1.54, 1.807) is 0 Å². The number of thioether (sulfide) groups is 4. The molecule has 0 radical (unpaired) electrons. The largest absolute Gasteiger partial charge is 0.152 e. The molecule has 42 heavy (non-hydrogen) atoms. The van der Waals surface area contributed by atoms with Crippen LogP contribution in [0.2, 0.25) is 0 Å². The van der Waals surface area contributed by atoms with Crippen LogP contribution < -0.4 is 0 Å². The molecule has 0 nitrogen and oxygen atoms in total. The van der Waals surface area contributed by atoms with Gasteiger partial charge in [-0.2, -0.15) is 47.0 Å². The molecule has 8 aliphatic rings. The van der Waals surface area contributed by atoms with Crippen molar-refractivity contribution in [2.45, 2.75) is 46.0 Å². The van der Waals surface area contributed by atoms with Gasteiger partial charge in [0, 0.05) is 46.0 Å². The summed E-state index contributed by atoms with van der Waals surface area (Å²) in [6.07, 6.45) is 0. The standard InChI is InChI=1S/C38H34S4/c1-3-33-23-39-19-27-7-11-29(12-8-27)21-41-25-35-5-2-6-36-26-42-22-30-13-9-28(10-14-30)20-40-24-34(4-1)37(33)31-15-17-32(18-16-31)38(35)36/h1-18H,19-26H2. The number of hydrogen-bond acceptors (Lipinski definition) is 4. The van der Waals surface area contributed by atoms with Crippen molar-refractivity contribution in [1.82, 2.24) is 0 Å². The summed E-state index contributed by atoms with van der Waals surface area (Å²) in [6, 6.07) is 42.1. The van der Waals surface area contributed by atoms with E-state index >= 15 is 0 Å². The van der Waals surface area contributed by atoms with E-state index in [1.165, 1.54) is 66.8 Å². The zero-order valence-corrected chi connectivity index (χ0v) is 26.9. The molecule has 0 aliphatic carbocycles. The van der Waals surface area contributed by atoms with Gasteiger partial charge in [0.2, 0.25) is 0 Å². The maximum atomic E-state index is 2.39. The molecule has 5 aromatic rings. The Hall–Kier alpha value is -2.50. The van der Waals surface area contributed by atoms with Crippen LogP contribution in [0.15, 0.2) is 109 Å². The lowest BCUT2D eigenvalue weighted by Gasteiger charge is -2.19. The van der Waals surface area contributed by atoms with E-state index in [-0.39, 0.29) is 0 Å². The van der Waals surface area contributed by atoms with E-state index < -0.39 is 0 Å². The molecule has 8 heterocycles. The lowest BCUT2D eigenvalue weighted by atomic mass is 9.91. The number of hydrogen-bond donors (Lipinski definition) is 0. The molecule has 0 saturated heterocycles. The second-order valence-corrected chi connectivity index (χ2v) is 15.0. The van der Waals surface area contributed by atoms with Crippen molar-refractivity contribution >= 4 is 47.0 Å². The molecule has 8 bridgehead atoms. The van der Waals surface area contributed by atoms with Gasteiger partial charge < -0.3 is 0 Å². The predicted molar refractivity (Wildman–Crippen MR) is 190 cm³/mol. The monoisotopic (exact) mass is 618 g/mol. The molecular weight excluding hydrogens is 585 g/mol. The normalized spacial score (nSPS) is 15.4. The van der Waals surface area contributed by atoms with Crippen molar-refractivity contribution in [3.8, 4) is 22.3 Å². The molecule has 0 aromatic heterocycles. The summed E-state index contributed by atoms with van der Waals surface area (Å²) in [6.45, 7) is 0. The molecule has 4 heteroatoms. The predicted octanol–water partition coefficient (Wildman–Crippen LogP) is 11.4.